The molecule has 1 heterocycles. The molecule has 1 aliphatic rings. The number of aliphatic hydroxyl groups excluding tert-OH is 2. The van der Waals surface area contributed by atoms with Crippen molar-refractivity contribution in [2.75, 3.05) is 13.2 Å². The third-order valence-corrected chi connectivity index (χ3v) is 13.5. The summed E-state index contributed by atoms with van der Waals surface area (Å²) >= 11 is 0. The van der Waals surface area contributed by atoms with E-state index < -0.39 is 67.3 Å². The van der Waals surface area contributed by atoms with Crippen molar-refractivity contribution in [1.82, 2.24) is 0 Å². The van der Waals surface area contributed by atoms with Gasteiger partial charge in [0.25, 0.3) is 0 Å². The monoisotopic (exact) mass is 1010 g/mol. The van der Waals surface area contributed by atoms with Gasteiger partial charge in [-0.1, -0.05) is 212 Å². The molecule has 1 rings (SSSR count). The van der Waals surface area contributed by atoms with E-state index in [-0.39, 0.29) is 25.9 Å². The number of ether oxygens (including phenoxy) is 5. The molecule has 0 aromatic rings. The minimum Gasteiger partial charge on any atom is -0.479 e. The molecule has 6 unspecified atom stereocenters. The van der Waals surface area contributed by atoms with E-state index in [1.54, 1.807) is 0 Å². The average molecular weight is 1010 g/mol. The summed E-state index contributed by atoms with van der Waals surface area (Å²) in [4.78, 5) is 50.9. The highest BCUT2D eigenvalue weighted by molar-refractivity contribution is 5.74. The van der Waals surface area contributed by atoms with E-state index in [0.29, 0.717) is 19.3 Å². The Bertz CT molecular complexity index is 1340. The normalized spacial score (nSPS) is 18.6. The molecular formula is C59H106O12. The van der Waals surface area contributed by atoms with Gasteiger partial charge >= 0.3 is 23.9 Å². The molecule has 0 spiro atoms. The zero-order valence-corrected chi connectivity index (χ0v) is 45.5. The van der Waals surface area contributed by atoms with Gasteiger partial charge in [-0.05, 0) is 70.6 Å². The first-order chi connectivity index (χ1) is 34.6. The number of hydrogen-bond donors (Lipinski definition) is 3. The van der Waals surface area contributed by atoms with Gasteiger partial charge in [0.2, 0.25) is 0 Å². The van der Waals surface area contributed by atoms with Crippen LogP contribution in [0.4, 0.5) is 0 Å². The molecule has 0 saturated carbocycles. The summed E-state index contributed by atoms with van der Waals surface area (Å²) in [5, 5.41) is 31.3. The van der Waals surface area contributed by atoms with Crippen LogP contribution in [0.25, 0.3) is 0 Å². The summed E-state index contributed by atoms with van der Waals surface area (Å²) in [7, 11) is 0. The Balaban J connectivity index is 2.64. The second-order valence-electron chi connectivity index (χ2n) is 20.3. The van der Waals surface area contributed by atoms with E-state index in [2.05, 4.69) is 45.1 Å². The van der Waals surface area contributed by atoms with Crippen LogP contribution in [0, 0.1) is 0 Å². The molecular weight excluding hydrogens is 901 g/mol. The topological polar surface area (TPSA) is 175 Å². The highest BCUT2D eigenvalue weighted by atomic mass is 16.7. The fourth-order valence-corrected chi connectivity index (χ4v) is 8.95. The molecule has 0 aromatic heterocycles. The molecule has 6 atom stereocenters. The Hall–Kier alpha value is -2.80. The minimum absolute atomic E-state index is 0.0638. The van der Waals surface area contributed by atoms with Gasteiger partial charge in [-0.15, -0.1) is 0 Å². The number of carbonyl (C=O) groups excluding carboxylic acids is 3. The number of carboxylic acid groups (broad SMARTS) is 1. The molecule has 1 saturated heterocycles. The molecule has 3 N–H and O–H groups in total. The number of unbranched alkanes of at least 4 members (excludes halogenated alkanes) is 32. The van der Waals surface area contributed by atoms with Gasteiger partial charge in [0, 0.05) is 19.3 Å². The second-order valence-corrected chi connectivity index (χ2v) is 20.3. The molecule has 0 radical (unpaired) electrons. The van der Waals surface area contributed by atoms with Crippen molar-refractivity contribution in [2.24, 2.45) is 0 Å². The lowest BCUT2D eigenvalue weighted by molar-refractivity contribution is -0.301. The Labute approximate surface area is 432 Å². The second kappa shape index (κ2) is 48.2. The van der Waals surface area contributed by atoms with E-state index in [1.165, 1.54) is 135 Å². The van der Waals surface area contributed by atoms with Crippen LogP contribution in [-0.4, -0.2) is 89.2 Å². The van der Waals surface area contributed by atoms with Crippen molar-refractivity contribution in [3.05, 3.63) is 24.3 Å². The van der Waals surface area contributed by atoms with Crippen LogP contribution in [0.1, 0.15) is 278 Å². The van der Waals surface area contributed by atoms with Crippen LogP contribution in [0.5, 0.6) is 0 Å². The molecule has 12 nitrogen and oxygen atoms in total. The van der Waals surface area contributed by atoms with Crippen LogP contribution < -0.4 is 0 Å². The number of aliphatic hydroxyl groups is 2. The number of carbonyl (C=O) groups is 4. The van der Waals surface area contributed by atoms with E-state index in [1.807, 2.05) is 0 Å². The van der Waals surface area contributed by atoms with Crippen LogP contribution in [0.15, 0.2) is 24.3 Å². The lowest BCUT2D eigenvalue weighted by Crippen LogP contribution is -2.61. The molecule has 414 valence electrons. The summed E-state index contributed by atoms with van der Waals surface area (Å²) in [5.41, 5.74) is 0. The Morgan fingerprint density at radius 1 is 0.451 bits per heavy atom. The number of rotatable bonds is 50. The predicted octanol–water partition coefficient (Wildman–Crippen LogP) is 14.7. The highest BCUT2D eigenvalue weighted by Crippen LogP contribution is 2.26. The average Bonchev–Trinajstić information content (AvgIpc) is 3.35. The number of hydrogen-bond acceptors (Lipinski definition) is 11. The predicted molar refractivity (Wildman–Crippen MR) is 285 cm³/mol. The molecule has 0 amide bonds. The van der Waals surface area contributed by atoms with E-state index in [9.17, 15) is 34.5 Å². The van der Waals surface area contributed by atoms with Crippen molar-refractivity contribution in [3.63, 3.8) is 0 Å². The first-order valence-electron chi connectivity index (χ1n) is 29.3. The molecule has 1 aliphatic heterocycles. The summed E-state index contributed by atoms with van der Waals surface area (Å²) in [6.45, 7) is 5.95. The van der Waals surface area contributed by atoms with E-state index in [4.69, 9.17) is 23.7 Å². The first kappa shape index (κ1) is 66.2. The molecule has 1 fully saturated rings. The number of esters is 3. The standard InChI is InChI=1S/C59H106O12/c1-4-7-10-13-16-19-21-23-24-25-26-27-28-30-31-34-36-39-42-45-51(60)67-48-50(69-52(61)46-43-40-38-35-32-29-22-20-17-14-11-8-5-2)49-68-59-57(55(64)54(63)56(71-59)58(65)66)70-53(62)47-44-41-37-33-18-15-12-9-6-3/h20,22-24,50,54-57,59,63-64H,4-19,21,25-49H2,1-3H3,(H,65,66)/b22-20-,24-23-. The lowest BCUT2D eigenvalue weighted by atomic mass is 9.98. The summed E-state index contributed by atoms with van der Waals surface area (Å²) in [5.74, 6) is -3.11. The van der Waals surface area contributed by atoms with Gasteiger partial charge in [0.15, 0.2) is 24.6 Å². The van der Waals surface area contributed by atoms with Crippen LogP contribution >= 0.6 is 0 Å². The van der Waals surface area contributed by atoms with Gasteiger partial charge in [-0.2, -0.15) is 0 Å². The highest BCUT2D eigenvalue weighted by Gasteiger charge is 2.50. The summed E-state index contributed by atoms with van der Waals surface area (Å²) in [6.07, 6.45) is 41.7. The van der Waals surface area contributed by atoms with E-state index in [0.717, 1.165) is 83.5 Å². The fraction of sp³-hybridized carbons (Fsp3) is 0.864. The fourth-order valence-electron chi connectivity index (χ4n) is 8.95. The van der Waals surface area contributed by atoms with Gasteiger partial charge in [0.1, 0.15) is 18.8 Å². The van der Waals surface area contributed by atoms with Crippen LogP contribution in [0.2, 0.25) is 0 Å². The molecule has 12 heteroatoms. The molecule has 0 aliphatic carbocycles. The van der Waals surface area contributed by atoms with Gasteiger partial charge < -0.3 is 39.0 Å². The summed E-state index contributed by atoms with van der Waals surface area (Å²) < 4.78 is 28.4. The number of aliphatic carboxylic acids is 1. The smallest absolute Gasteiger partial charge is 0.335 e. The van der Waals surface area contributed by atoms with Crippen molar-refractivity contribution >= 4 is 23.9 Å². The molecule has 71 heavy (non-hydrogen) atoms. The van der Waals surface area contributed by atoms with Gasteiger partial charge in [0.05, 0.1) is 6.61 Å². The quantitative estimate of drug-likeness (QED) is 0.0228. The van der Waals surface area contributed by atoms with Crippen LogP contribution in [0.3, 0.4) is 0 Å². The zero-order chi connectivity index (χ0) is 51.8. The van der Waals surface area contributed by atoms with E-state index >= 15 is 0 Å². The minimum atomic E-state index is -1.90. The first-order valence-corrected chi connectivity index (χ1v) is 29.3. The molecule has 0 aromatic carbocycles. The van der Waals surface area contributed by atoms with Crippen LogP contribution in [-0.2, 0) is 42.9 Å². The largest absolute Gasteiger partial charge is 0.479 e. The Kier molecular flexibility index (Phi) is 44.9. The van der Waals surface area contributed by atoms with Crippen molar-refractivity contribution in [2.45, 2.75) is 314 Å². The number of carboxylic acids is 1. The van der Waals surface area contributed by atoms with Crippen molar-refractivity contribution in [1.29, 1.82) is 0 Å². The van der Waals surface area contributed by atoms with Gasteiger partial charge in [-0.25, -0.2) is 4.79 Å². The third-order valence-electron chi connectivity index (χ3n) is 13.5. The van der Waals surface area contributed by atoms with Crippen molar-refractivity contribution < 1.29 is 58.2 Å². The maximum absolute atomic E-state index is 13.1. The Morgan fingerprint density at radius 2 is 0.803 bits per heavy atom. The summed E-state index contributed by atoms with van der Waals surface area (Å²) in [6, 6.07) is 0. The maximum Gasteiger partial charge on any atom is 0.335 e. The van der Waals surface area contributed by atoms with Crippen molar-refractivity contribution in [3.8, 4) is 0 Å². The lowest BCUT2D eigenvalue weighted by Gasteiger charge is -2.40. The maximum atomic E-state index is 13.1. The Morgan fingerprint density at radius 3 is 1.21 bits per heavy atom. The molecule has 0 bridgehead atoms. The third kappa shape index (κ3) is 38.4. The SMILES string of the molecule is CCCCCC/C=C\CCCCCCCC(=O)OC(COC(=O)CCCCCCCCCCC/C=C\CCCCCCCC)COC1OC(C(=O)O)C(O)C(O)C1OC(=O)CCCCCCCCCCC. The number of allylic oxidation sites excluding steroid dienone is 4. The van der Waals surface area contributed by atoms with Gasteiger partial charge in [-0.3, -0.25) is 14.4 Å². The zero-order valence-electron chi connectivity index (χ0n) is 45.5.